The lowest BCUT2D eigenvalue weighted by atomic mass is 10.1. The normalized spacial score (nSPS) is 10.8. The molecule has 3 N–H and O–H groups in total. The number of aromatic nitrogens is 3. The summed E-state index contributed by atoms with van der Waals surface area (Å²) in [6.07, 6.45) is 3.42. The Labute approximate surface area is 129 Å². The van der Waals surface area contributed by atoms with Gasteiger partial charge in [0.15, 0.2) is 5.69 Å². The van der Waals surface area contributed by atoms with Gasteiger partial charge in [0, 0.05) is 35.0 Å². The minimum absolute atomic E-state index is 0.232. The number of nitrogen functional groups attached to an aromatic ring is 1. The minimum Gasteiger partial charge on any atom is -0.398 e. The standard InChI is InChI=1S/C14H12BrN5O/c1-17-14(21)11-4-5-20(19-11)12-3-2-10(16)9-6-8(15)7-18-13(9)12/h2-7H,16H2,1H3,(H,17,21). The molecule has 0 bridgehead atoms. The fourth-order valence-corrected chi connectivity index (χ4v) is 2.42. The lowest BCUT2D eigenvalue weighted by Crippen LogP contribution is -2.18. The lowest BCUT2D eigenvalue weighted by molar-refractivity contribution is 0.0957. The monoisotopic (exact) mass is 345 g/mol. The lowest BCUT2D eigenvalue weighted by Gasteiger charge is -2.08. The van der Waals surface area contributed by atoms with Crippen molar-refractivity contribution in [3.63, 3.8) is 0 Å². The predicted molar refractivity (Wildman–Crippen MR) is 84.4 cm³/mol. The number of halogens is 1. The molecular formula is C14H12BrN5O. The number of fused-ring (bicyclic) bond motifs is 1. The third kappa shape index (κ3) is 2.36. The molecule has 1 amide bonds. The number of nitrogens with zero attached hydrogens (tertiary/aromatic N) is 3. The molecule has 0 aliphatic carbocycles. The van der Waals surface area contributed by atoms with Crippen molar-refractivity contribution in [3.05, 3.63) is 46.8 Å². The van der Waals surface area contributed by atoms with Crippen LogP contribution in [-0.4, -0.2) is 27.7 Å². The number of rotatable bonds is 2. The predicted octanol–water partition coefficient (Wildman–Crippen LogP) is 2.12. The maximum atomic E-state index is 11.6. The molecule has 0 unspecified atom stereocenters. The van der Waals surface area contributed by atoms with Gasteiger partial charge in [-0.05, 0) is 40.2 Å². The summed E-state index contributed by atoms with van der Waals surface area (Å²) in [4.78, 5) is 16.0. The van der Waals surface area contributed by atoms with Gasteiger partial charge in [0.05, 0.1) is 11.2 Å². The van der Waals surface area contributed by atoms with Gasteiger partial charge in [-0.1, -0.05) is 0 Å². The zero-order valence-electron chi connectivity index (χ0n) is 11.2. The number of pyridine rings is 1. The minimum atomic E-state index is -0.232. The van der Waals surface area contributed by atoms with Crippen LogP contribution in [0.5, 0.6) is 0 Å². The van der Waals surface area contributed by atoms with E-state index in [2.05, 4.69) is 31.3 Å². The molecule has 2 aromatic heterocycles. The van der Waals surface area contributed by atoms with Crippen molar-refractivity contribution in [2.45, 2.75) is 0 Å². The van der Waals surface area contributed by atoms with E-state index in [1.54, 1.807) is 36.3 Å². The molecule has 3 rings (SSSR count). The van der Waals surface area contributed by atoms with Crippen LogP contribution in [0.15, 0.2) is 41.1 Å². The quantitative estimate of drug-likeness (QED) is 0.696. The molecule has 106 valence electrons. The van der Waals surface area contributed by atoms with Crippen molar-refractivity contribution in [3.8, 4) is 5.69 Å². The topological polar surface area (TPSA) is 85.8 Å². The van der Waals surface area contributed by atoms with Crippen LogP contribution in [0.4, 0.5) is 5.69 Å². The van der Waals surface area contributed by atoms with E-state index < -0.39 is 0 Å². The zero-order valence-corrected chi connectivity index (χ0v) is 12.8. The Morgan fingerprint density at radius 1 is 1.38 bits per heavy atom. The number of amides is 1. The van der Waals surface area contributed by atoms with Gasteiger partial charge in [-0.15, -0.1) is 0 Å². The van der Waals surface area contributed by atoms with Gasteiger partial charge in [0.2, 0.25) is 0 Å². The Hall–Kier alpha value is -2.41. The van der Waals surface area contributed by atoms with E-state index in [9.17, 15) is 4.79 Å². The second kappa shape index (κ2) is 5.17. The average Bonchev–Trinajstić information content (AvgIpc) is 2.97. The van der Waals surface area contributed by atoms with Crippen LogP contribution in [-0.2, 0) is 0 Å². The molecule has 21 heavy (non-hydrogen) atoms. The van der Waals surface area contributed by atoms with Crippen molar-refractivity contribution < 1.29 is 4.79 Å². The highest BCUT2D eigenvalue weighted by molar-refractivity contribution is 9.10. The summed E-state index contributed by atoms with van der Waals surface area (Å²) in [5, 5.41) is 7.64. The van der Waals surface area contributed by atoms with Crippen molar-refractivity contribution in [1.29, 1.82) is 0 Å². The Balaban J connectivity index is 2.19. The van der Waals surface area contributed by atoms with Crippen LogP contribution in [0.3, 0.4) is 0 Å². The highest BCUT2D eigenvalue weighted by Crippen LogP contribution is 2.27. The van der Waals surface area contributed by atoms with Crippen LogP contribution < -0.4 is 11.1 Å². The molecule has 0 spiro atoms. The zero-order chi connectivity index (χ0) is 15.0. The SMILES string of the molecule is CNC(=O)c1ccn(-c2ccc(N)c3cc(Br)cnc23)n1. The molecule has 0 aliphatic heterocycles. The average molecular weight is 346 g/mol. The number of anilines is 1. The third-order valence-corrected chi connectivity index (χ3v) is 3.56. The molecule has 3 aromatic rings. The van der Waals surface area contributed by atoms with Gasteiger partial charge in [-0.2, -0.15) is 5.10 Å². The Morgan fingerprint density at radius 3 is 2.95 bits per heavy atom. The summed E-state index contributed by atoms with van der Waals surface area (Å²) in [5.74, 6) is -0.232. The van der Waals surface area contributed by atoms with Gasteiger partial charge in [-0.25, -0.2) is 4.68 Å². The molecule has 0 saturated carbocycles. The molecule has 0 saturated heterocycles. The maximum Gasteiger partial charge on any atom is 0.271 e. The summed E-state index contributed by atoms with van der Waals surface area (Å²) in [6.45, 7) is 0. The maximum absolute atomic E-state index is 11.6. The van der Waals surface area contributed by atoms with Crippen molar-refractivity contribution in [2.75, 3.05) is 12.8 Å². The third-order valence-electron chi connectivity index (χ3n) is 3.12. The molecule has 6 nitrogen and oxygen atoms in total. The number of benzene rings is 1. The Morgan fingerprint density at radius 2 is 2.19 bits per heavy atom. The molecule has 2 heterocycles. The number of carbonyl (C=O) groups excluding carboxylic acids is 1. The van der Waals surface area contributed by atoms with E-state index in [1.807, 2.05) is 12.1 Å². The molecule has 0 atom stereocenters. The smallest absolute Gasteiger partial charge is 0.271 e. The fourth-order valence-electron chi connectivity index (χ4n) is 2.09. The van der Waals surface area contributed by atoms with E-state index in [0.717, 1.165) is 21.1 Å². The Kier molecular flexibility index (Phi) is 3.34. The van der Waals surface area contributed by atoms with E-state index in [1.165, 1.54) is 0 Å². The first-order valence-electron chi connectivity index (χ1n) is 6.22. The van der Waals surface area contributed by atoms with E-state index in [-0.39, 0.29) is 5.91 Å². The highest BCUT2D eigenvalue weighted by Gasteiger charge is 2.12. The van der Waals surface area contributed by atoms with Crippen LogP contribution in [0.1, 0.15) is 10.5 Å². The number of hydrogen-bond acceptors (Lipinski definition) is 4. The van der Waals surface area contributed by atoms with Crippen LogP contribution >= 0.6 is 15.9 Å². The molecule has 0 aliphatic rings. The van der Waals surface area contributed by atoms with Gasteiger partial charge in [-0.3, -0.25) is 9.78 Å². The van der Waals surface area contributed by atoms with E-state index in [4.69, 9.17) is 5.73 Å². The van der Waals surface area contributed by atoms with Crippen LogP contribution in [0.25, 0.3) is 16.6 Å². The van der Waals surface area contributed by atoms with Gasteiger partial charge in [0.1, 0.15) is 0 Å². The molecule has 0 radical (unpaired) electrons. The Bertz CT molecular complexity index is 842. The first-order chi connectivity index (χ1) is 10.1. The molecule has 7 heteroatoms. The molecule has 0 fully saturated rings. The summed E-state index contributed by atoms with van der Waals surface area (Å²) >= 11 is 3.39. The van der Waals surface area contributed by atoms with Gasteiger partial charge >= 0.3 is 0 Å². The van der Waals surface area contributed by atoms with E-state index >= 15 is 0 Å². The number of nitrogens with two attached hydrogens (primary N) is 1. The summed E-state index contributed by atoms with van der Waals surface area (Å²) in [5.41, 5.74) is 8.47. The first-order valence-corrected chi connectivity index (χ1v) is 7.01. The van der Waals surface area contributed by atoms with Crippen LogP contribution in [0.2, 0.25) is 0 Å². The number of nitrogens with one attached hydrogen (secondary N) is 1. The van der Waals surface area contributed by atoms with Crippen LogP contribution in [0, 0.1) is 0 Å². The summed E-state index contributed by atoms with van der Waals surface area (Å²) in [6, 6.07) is 7.19. The largest absolute Gasteiger partial charge is 0.398 e. The van der Waals surface area contributed by atoms with Crippen molar-refractivity contribution in [2.24, 2.45) is 0 Å². The molecular weight excluding hydrogens is 334 g/mol. The second-order valence-corrected chi connectivity index (χ2v) is 5.36. The van der Waals surface area contributed by atoms with Crippen molar-refractivity contribution >= 4 is 38.4 Å². The summed E-state index contributed by atoms with van der Waals surface area (Å²) in [7, 11) is 1.57. The second-order valence-electron chi connectivity index (χ2n) is 4.45. The van der Waals surface area contributed by atoms with Crippen molar-refractivity contribution in [1.82, 2.24) is 20.1 Å². The first kappa shape index (κ1) is 13.6. The summed E-state index contributed by atoms with van der Waals surface area (Å²) < 4.78 is 2.47. The van der Waals surface area contributed by atoms with E-state index in [0.29, 0.717) is 11.4 Å². The number of carbonyl (C=O) groups is 1. The van der Waals surface area contributed by atoms with Gasteiger partial charge < -0.3 is 11.1 Å². The molecule has 1 aromatic carbocycles. The fraction of sp³-hybridized carbons (Fsp3) is 0.0714. The highest BCUT2D eigenvalue weighted by atomic mass is 79.9. The number of hydrogen-bond donors (Lipinski definition) is 2. The van der Waals surface area contributed by atoms with Gasteiger partial charge in [0.25, 0.3) is 5.91 Å².